The van der Waals surface area contributed by atoms with E-state index in [2.05, 4.69) is 15.9 Å². The van der Waals surface area contributed by atoms with Crippen LogP contribution in [0, 0.1) is 0 Å². The van der Waals surface area contributed by atoms with Crippen molar-refractivity contribution in [1.82, 2.24) is 0 Å². The Kier molecular flexibility index (Phi) is 7.81. The SMILES string of the molecule is OCCCC(O)CCCBr. The smallest absolute Gasteiger partial charge is 0.0541 e. The summed E-state index contributed by atoms with van der Waals surface area (Å²) in [6, 6.07) is 0. The van der Waals surface area contributed by atoms with Crippen LogP contribution < -0.4 is 0 Å². The molecule has 0 aromatic heterocycles. The van der Waals surface area contributed by atoms with E-state index >= 15 is 0 Å². The van der Waals surface area contributed by atoms with Crippen LogP contribution in [0.4, 0.5) is 0 Å². The summed E-state index contributed by atoms with van der Waals surface area (Å²) < 4.78 is 0. The molecule has 0 radical (unpaired) electrons. The summed E-state index contributed by atoms with van der Waals surface area (Å²) in [6.07, 6.45) is 3.06. The topological polar surface area (TPSA) is 40.5 Å². The molecule has 0 spiro atoms. The Morgan fingerprint density at radius 3 is 2.30 bits per heavy atom. The summed E-state index contributed by atoms with van der Waals surface area (Å²) in [4.78, 5) is 0. The number of aliphatic hydroxyl groups excluding tert-OH is 2. The van der Waals surface area contributed by atoms with Gasteiger partial charge >= 0.3 is 0 Å². The minimum absolute atomic E-state index is 0.186. The quantitative estimate of drug-likeness (QED) is 0.650. The predicted octanol–water partition coefficient (Wildman–Crippen LogP) is 1.29. The second kappa shape index (κ2) is 7.51. The Morgan fingerprint density at radius 1 is 1.20 bits per heavy atom. The Balaban J connectivity index is 3.00. The molecule has 0 aliphatic carbocycles. The van der Waals surface area contributed by atoms with Crippen molar-refractivity contribution in [3.8, 4) is 0 Å². The number of aliphatic hydroxyl groups is 2. The molecule has 0 aliphatic rings. The fourth-order valence-corrected chi connectivity index (χ4v) is 1.11. The van der Waals surface area contributed by atoms with Crippen LogP contribution in [0.3, 0.4) is 0 Å². The van der Waals surface area contributed by atoms with Gasteiger partial charge in [0, 0.05) is 11.9 Å². The first-order valence-corrected chi connectivity index (χ1v) is 4.78. The van der Waals surface area contributed by atoms with E-state index in [1.807, 2.05) is 0 Å². The van der Waals surface area contributed by atoms with Crippen LogP contribution in [0.5, 0.6) is 0 Å². The van der Waals surface area contributed by atoms with Gasteiger partial charge in [-0.3, -0.25) is 0 Å². The summed E-state index contributed by atoms with van der Waals surface area (Å²) in [5, 5.41) is 18.5. The third-order valence-electron chi connectivity index (χ3n) is 1.37. The summed E-state index contributed by atoms with van der Waals surface area (Å²) >= 11 is 3.29. The number of halogens is 1. The van der Waals surface area contributed by atoms with Gasteiger partial charge in [-0.15, -0.1) is 0 Å². The molecule has 62 valence electrons. The molecule has 0 saturated carbocycles. The summed E-state index contributed by atoms with van der Waals surface area (Å²) in [5.74, 6) is 0. The average Bonchev–Trinajstić information content (AvgIpc) is 1.97. The minimum atomic E-state index is -0.218. The van der Waals surface area contributed by atoms with E-state index < -0.39 is 0 Å². The molecule has 3 heteroatoms. The first kappa shape index (κ1) is 10.4. The Bertz CT molecular complexity index is 60.6. The lowest BCUT2D eigenvalue weighted by Crippen LogP contribution is -2.07. The van der Waals surface area contributed by atoms with Gasteiger partial charge in [0.1, 0.15) is 0 Å². The zero-order valence-electron chi connectivity index (χ0n) is 6.09. The molecule has 10 heavy (non-hydrogen) atoms. The average molecular weight is 211 g/mol. The normalized spacial score (nSPS) is 13.5. The maximum Gasteiger partial charge on any atom is 0.0541 e. The third-order valence-corrected chi connectivity index (χ3v) is 1.93. The van der Waals surface area contributed by atoms with Crippen molar-refractivity contribution >= 4 is 15.9 Å². The molecule has 0 bridgehead atoms. The number of hydrogen-bond acceptors (Lipinski definition) is 2. The van der Waals surface area contributed by atoms with Crippen molar-refractivity contribution in [2.24, 2.45) is 0 Å². The number of hydrogen-bond donors (Lipinski definition) is 2. The Morgan fingerprint density at radius 2 is 1.80 bits per heavy atom. The standard InChI is InChI=1S/C7H15BrO2/c8-5-1-3-7(10)4-2-6-9/h7,9-10H,1-6H2. The largest absolute Gasteiger partial charge is 0.396 e. The van der Waals surface area contributed by atoms with Gasteiger partial charge in [-0.2, -0.15) is 0 Å². The van der Waals surface area contributed by atoms with E-state index in [9.17, 15) is 5.11 Å². The Hall–Kier alpha value is 0.400. The summed E-state index contributed by atoms with van der Waals surface area (Å²) in [7, 11) is 0. The first-order valence-electron chi connectivity index (χ1n) is 3.66. The van der Waals surface area contributed by atoms with Gasteiger partial charge in [-0.05, 0) is 25.7 Å². The fraction of sp³-hybridized carbons (Fsp3) is 1.00. The molecule has 0 fully saturated rings. The van der Waals surface area contributed by atoms with Crippen LogP contribution in [0.25, 0.3) is 0 Å². The maximum absolute atomic E-state index is 9.18. The lowest BCUT2D eigenvalue weighted by atomic mass is 10.1. The highest BCUT2D eigenvalue weighted by Crippen LogP contribution is 2.05. The molecule has 0 amide bonds. The Labute approximate surface area is 70.4 Å². The van der Waals surface area contributed by atoms with E-state index in [0.29, 0.717) is 6.42 Å². The van der Waals surface area contributed by atoms with Crippen molar-refractivity contribution < 1.29 is 10.2 Å². The van der Waals surface area contributed by atoms with Crippen molar-refractivity contribution in [2.45, 2.75) is 31.8 Å². The highest BCUT2D eigenvalue weighted by molar-refractivity contribution is 9.09. The molecule has 0 aromatic carbocycles. The summed E-state index contributed by atoms with van der Waals surface area (Å²) in [5.41, 5.74) is 0. The van der Waals surface area contributed by atoms with Gasteiger partial charge < -0.3 is 10.2 Å². The zero-order valence-corrected chi connectivity index (χ0v) is 7.68. The molecule has 1 atom stereocenters. The van der Waals surface area contributed by atoms with Crippen LogP contribution in [-0.2, 0) is 0 Å². The van der Waals surface area contributed by atoms with Gasteiger partial charge in [-0.1, -0.05) is 15.9 Å². The predicted molar refractivity (Wildman–Crippen MR) is 45.4 cm³/mol. The molecular weight excluding hydrogens is 196 g/mol. The molecule has 0 heterocycles. The third kappa shape index (κ3) is 6.52. The molecule has 0 aromatic rings. The molecule has 0 rings (SSSR count). The fourth-order valence-electron chi connectivity index (χ4n) is 0.784. The minimum Gasteiger partial charge on any atom is -0.396 e. The molecule has 2 N–H and O–H groups in total. The lowest BCUT2D eigenvalue weighted by Gasteiger charge is -2.06. The highest BCUT2D eigenvalue weighted by atomic mass is 79.9. The highest BCUT2D eigenvalue weighted by Gasteiger charge is 2.01. The molecule has 1 unspecified atom stereocenters. The van der Waals surface area contributed by atoms with Crippen LogP contribution in [0.1, 0.15) is 25.7 Å². The van der Waals surface area contributed by atoms with Gasteiger partial charge in [-0.25, -0.2) is 0 Å². The number of rotatable bonds is 6. The van der Waals surface area contributed by atoms with Crippen LogP contribution >= 0.6 is 15.9 Å². The van der Waals surface area contributed by atoms with Crippen molar-refractivity contribution in [2.75, 3.05) is 11.9 Å². The van der Waals surface area contributed by atoms with Gasteiger partial charge in [0.15, 0.2) is 0 Å². The van der Waals surface area contributed by atoms with E-state index in [1.54, 1.807) is 0 Å². The van der Waals surface area contributed by atoms with E-state index in [4.69, 9.17) is 5.11 Å². The molecule has 2 nitrogen and oxygen atoms in total. The second-order valence-electron chi connectivity index (χ2n) is 2.35. The van der Waals surface area contributed by atoms with Crippen molar-refractivity contribution in [1.29, 1.82) is 0 Å². The van der Waals surface area contributed by atoms with E-state index in [0.717, 1.165) is 24.6 Å². The first-order chi connectivity index (χ1) is 4.81. The van der Waals surface area contributed by atoms with Gasteiger partial charge in [0.2, 0.25) is 0 Å². The van der Waals surface area contributed by atoms with Crippen LogP contribution in [0.2, 0.25) is 0 Å². The van der Waals surface area contributed by atoms with E-state index in [1.165, 1.54) is 0 Å². The second-order valence-corrected chi connectivity index (χ2v) is 3.14. The monoisotopic (exact) mass is 210 g/mol. The van der Waals surface area contributed by atoms with Crippen molar-refractivity contribution in [3.05, 3.63) is 0 Å². The maximum atomic E-state index is 9.18. The molecular formula is C7H15BrO2. The lowest BCUT2D eigenvalue weighted by molar-refractivity contribution is 0.140. The van der Waals surface area contributed by atoms with E-state index in [-0.39, 0.29) is 12.7 Å². The van der Waals surface area contributed by atoms with Crippen LogP contribution in [0.15, 0.2) is 0 Å². The molecule has 0 saturated heterocycles. The van der Waals surface area contributed by atoms with Gasteiger partial charge in [0.05, 0.1) is 6.10 Å². The molecule has 0 aliphatic heterocycles. The van der Waals surface area contributed by atoms with Crippen LogP contribution in [-0.4, -0.2) is 28.3 Å². The van der Waals surface area contributed by atoms with Gasteiger partial charge in [0.25, 0.3) is 0 Å². The van der Waals surface area contributed by atoms with Crippen molar-refractivity contribution in [3.63, 3.8) is 0 Å². The zero-order chi connectivity index (χ0) is 7.82. The summed E-state index contributed by atoms with van der Waals surface area (Å²) in [6.45, 7) is 0.186. The number of alkyl halides is 1.